The van der Waals surface area contributed by atoms with E-state index >= 15 is 0 Å². The summed E-state index contributed by atoms with van der Waals surface area (Å²) < 4.78 is 19.9. The fourth-order valence-electron chi connectivity index (χ4n) is 2.41. The van der Waals surface area contributed by atoms with E-state index in [1.807, 2.05) is 36.5 Å². The fraction of sp³-hybridized carbons (Fsp3) is 0.105. The molecule has 0 aliphatic heterocycles. The first-order valence-corrected chi connectivity index (χ1v) is 10.2. The summed E-state index contributed by atoms with van der Waals surface area (Å²) in [4.78, 5) is 5.60. The van der Waals surface area contributed by atoms with Gasteiger partial charge in [0.05, 0.1) is 0 Å². The maximum atomic E-state index is 12.9. The molecule has 142 valence electrons. The normalized spacial score (nSPS) is 10.9. The lowest BCUT2D eigenvalue weighted by Gasteiger charge is -2.06. The summed E-state index contributed by atoms with van der Waals surface area (Å²) in [6.07, 6.45) is 1.87. The Balaban J connectivity index is 1.36. The third-order valence-electron chi connectivity index (χ3n) is 3.83. The smallest absolute Gasteiger partial charge is 0.210 e. The largest absolute Gasteiger partial charge is 0.486 e. The fourth-order valence-corrected chi connectivity index (χ4v) is 4.22. The molecular formula is C19H16FN5OS2. The average Bonchev–Trinajstić information content (AvgIpc) is 3.34. The van der Waals surface area contributed by atoms with Crippen LogP contribution in [0, 0.1) is 5.82 Å². The van der Waals surface area contributed by atoms with Crippen LogP contribution in [0.3, 0.4) is 0 Å². The van der Waals surface area contributed by atoms with E-state index in [2.05, 4.69) is 15.2 Å². The number of nitrogen functional groups attached to an aromatic ring is 1. The number of nitrogens with zero attached hydrogens (tertiary/aromatic N) is 4. The average molecular weight is 414 g/mol. The maximum Gasteiger partial charge on any atom is 0.210 e. The van der Waals surface area contributed by atoms with Crippen LogP contribution in [0.2, 0.25) is 0 Å². The molecule has 0 spiro atoms. The maximum absolute atomic E-state index is 12.9. The summed E-state index contributed by atoms with van der Waals surface area (Å²) >= 11 is 3.12. The topological polar surface area (TPSA) is 78.9 Å². The molecule has 0 bridgehead atoms. The van der Waals surface area contributed by atoms with Gasteiger partial charge in [0.25, 0.3) is 0 Å². The van der Waals surface area contributed by atoms with Gasteiger partial charge in [0.1, 0.15) is 23.2 Å². The van der Waals surface area contributed by atoms with E-state index in [0.29, 0.717) is 22.5 Å². The lowest BCUT2D eigenvalue weighted by molar-refractivity contribution is 0.291. The van der Waals surface area contributed by atoms with E-state index in [-0.39, 0.29) is 12.4 Å². The molecule has 0 atom stereocenters. The van der Waals surface area contributed by atoms with Crippen molar-refractivity contribution >= 4 is 23.1 Å². The number of rotatable bonds is 7. The van der Waals surface area contributed by atoms with Crippen LogP contribution in [-0.2, 0) is 12.4 Å². The van der Waals surface area contributed by atoms with E-state index in [9.17, 15) is 4.39 Å². The highest BCUT2D eigenvalue weighted by Crippen LogP contribution is 2.29. The van der Waals surface area contributed by atoms with E-state index in [0.717, 1.165) is 15.4 Å². The van der Waals surface area contributed by atoms with Gasteiger partial charge in [-0.25, -0.2) is 14.1 Å². The molecule has 0 radical (unpaired) electrons. The van der Waals surface area contributed by atoms with Gasteiger partial charge in [0.15, 0.2) is 5.82 Å². The number of thioether (sulfide) groups is 1. The predicted molar refractivity (Wildman–Crippen MR) is 108 cm³/mol. The highest BCUT2D eigenvalue weighted by Gasteiger charge is 2.12. The molecule has 0 saturated carbocycles. The Hall–Kier alpha value is -2.91. The molecule has 0 saturated heterocycles. The molecule has 2 heterocycles. The molecule has 0 unspecified atom stereocenters. The van der Waals surface area contributed by atoms with Crippen LogP contribution in [0.15, 0.2) is 66.0 Å². The Morgan fingerprint density at radius 2 is 1.86 bits per heavy atom. The van der Waals surface area contributed by atoms with Crippen molar-refractivity contribution in [1.29, 1.82) is 0 Å². The summed E-state index contributed by atoms with van der Waals surface area (Å²) in [7, 11) is 0. The summed E-state index contributed by atoms with van der Waals surface area (Å²) in [5, 5.41) is 9.76. The minimum atomic E-state index is -0.313. The zero-order chi connectivity index (χ0) is 19.3. The molecule has 0 aliphatic carbocycles. The minimum absolute atomic E-state index is 0.147. The number of hydrogen-bond donors (Lipinski definition) is 1. The van der Waals surface area contributed by atoms with Crippen molar-refractivity contribution in [1.82, 2.24) is 19.9 Å². The molecule has 9 heteroatoms. The molecule has 4 aromatic rings. The van der Waals surface area contributed by atoms with Crippen molar-refractivity contribution in [2.45, 2.75) is 17.5 Å². The highest BCUT2D eigenvalue weighted by molar-refractivity contribution is 7.98. The zero-order valence-corrected chi connectivity index (χ0v) is 16.3. The predicted octanol–water partition coefficient (Wildman–Crippen LogP) is 4.13. The van der Waals surface area contributed by atoms with Gasteiger partial charge in [-0.15, -0.1) is 21.5 Å². The van der Waals surface area contributed by atoms with Crippen LogP contribution in [0.4, 0.5) is 4.39 Å². The van der Waals surface area contributed by atoms with Gasteiger partial charge in [-0.05, 0) is 24.3 Å². The lowest BCUT2D eigenvalue weighted by Crippen LogP contribution is -2.15. The Kier molecular flexibility index (Phi) is 5.54. The van der Waals surface area contributed by atoms with Gasteiger partial charge in [-0.1, -0.05) is 42.1 Å². The van der Waals surface area contributed by atoms with E-state index in [1.54, 1.807) is 23.5 Å². The second-order valence-corrected chi connectivity index (χ2v) is 7.86. The summed E-state index contributed by atoms with van der Waals surface area (Å²) in [6.45, 7) is 0.147. The SMILES string of the molecule is Nn1c(COc2ccc(F)cc2)nnc1SCc1cnc(-c2ccccc2)s1. The molecule has 0 fully saturated rings. The van der Waals surface area contributed by atoms with E-state index < -0.39 is 0 Å². The molecule has 28 heavy (non-hydrogen) atoms. The molecule has 4 rings (SSSR count). The molecule has 2 aromatic carbocycles. The van der Waals surface area contributed by atoms with Gasteiger partial charge in [0.2, 0.25) is 5.16 Å². The Bertz CT molecular complexity index is 1050. The van der Waals surface area contributed by atoms with Crippen molar-refractivity contribution in [3.8, 4) is 16.3 Å². The van der Waals surface area contributed by atoms with Crippen LogP contribution in [-0.4, -0.2) is 19.9 Å². The molecule has 2 aromatic heterocycles. The van der Waals surface area contributed by atoms with Crippen molar-refractivity contribution in [2.24, 2.45) is 0 Å². The first-order valence-electron chi connectivity index (χ1n) is 8.40. The van der Waals surface area contributed by atoms with Crippen molar-refractivity contribution in [3.05, 3.63) is 77.3 Å². The number of hydrogen-bond acceptors (Lipinski definition) is 7. The Labute approximate surface area is 169 Å². The van der Waals surface area contributed by atoms with Crippen molar-refractivity contribution < 1.29 is 9.13 Å². The summed E-state index contributed by atoms with van der Waals surface area (Å²) in [5.74, 6) is 7.48. The van der Waals surface area contributed by atoms with E-state index in [1.165, 1.54) is 28.6 Å². The van der Waals surface area contributed by atoms with Crippen LogP contribution in [0.25, 0.3) is 10.6 Å². The first kappa shape index (κ1) is 18.5. The van der Waals surface area contributed by atoms with Crippen LogP contribution in [0.5, 0.6) is 5.75 Å². The van der Waals surface area contributed by atoms with Crippen LogP contribution < -0.4 is 10.6 Å². The Morgan fingerprint density at radius 1 is 1.07 bits per heavy atom. The zero-order valence-electron chi connectivity index (χ0n) is 14.7. The molecular weight excluding hydrogens is 397 g/mol. The number of benzene rings is 2. The number of thiazole rings is 1. The Morgan fingerprint density at radius 3 is 2.64 bits per heavy atom. The number of ether oxygens (including phenoxy) is 1. The second kappa shape index (κ2) is 8.41. The highest BCUT2D eigenvalue weighted by atomic mass is 32.2. The minimum Gasteiger partial charge on any atom is -0.486 e. The van der Waals surface area contributed by atoms with Gasteiger partial charge in [0, 0.05) is 22.4 Å². The third-order valence-corrected chi connectivity index (χ3v) is 6.06. The number of nitrogens with two attached hydrogens (primary N) is 1. The standard InChI is InChI=1S/C19H16FN5OS2/c20-14-6-8-15(9-7-14)26-11-17-23-24-19(25(17)21)27-12-16-10-22-18(28-16)13-4-2-1-3-5-13/h1-10H,11-12,21H2. The van der Waals surface area contributed by atoms with Gasteiger partial charge in [-0.2, -0.15) is 0 Å². The summed E-state index contributed by atoms with van der Waals surface area (Å²) in [6, 6.07) is 15.8. The first-order chi connectivity index (χ1) is 13.7. The molecule has 6 nitrogen and oxygen atoms in total. The van der Waals surface area contributed by atoms with Gasteiger partial charge >= 0.3 is 0 Å². The van der Waals surface area contributed by atoms with Crippen molar-refractivity contribution in [2.75, 3.05) is 5.84 Å². The van der Waals surface area contributed by atoms with E-state index in [4.69, 9.17) is 10.6 Å². The molecule has 0 aliphatic rings. The summed E-state index contributed by atoms with van der Waals surface area (Å²) in [5.41, 5.74) is 1.10. The quantitative estimate of drug-likeness (QED) is 0.363. The molecule has 2 N–H and O–H groups in total. The number of aromatic nitrogens is 4. The van der Waals surface area contributed by atoms with Gasteiger partial charge < -0.3 is 10.6 Å². The third kappa shape index (κ3) is 4.32. The van der Waals surface area contributed by atoms with Crippen molar-refractivity contribution in [3.63, 3.8) is 0 Å². The lowest BCUT2D eigenvalue weighted by atomic mass is 10.2. The molecule has 0 amide bonds. The van der Waals surface area contributed by atoms with Crippen LogP contribution >= 0.6 is 23.1 Å². The van der Waals surface area contributed by atoms with Gasteiger partial charge in [-0.3, -0.25) is 0 Å². The number of halogens is 1. The van der Waals surface area contributed by atoms with Crippen LogP contribution in [0.1, 0.15) is 10.7 Å². The second-order valence-electron chi connectivity index (χ2n) is 5.80. The monoisotopic (exact) mass is 413 g/mol.